The molecule has 0 radical (unpaired) electrons. The molecule has 1 unspecified atom stereocenters. The van der Waals surface area contributed by atoms with Crippen molar-refractivity contribution >= 4 is 17.3 Å². The number of non-ortho nitro benzene ring substituents is 1. The molecule has 0 bridgehead atoms. The predicted octanol–water partition coefficient (Wildman–Crippen LogP) is 4.02. The second-order valence-corrected chi connectivity index (χ2v) is 8.33. The average Bonchev–Trinajstić information content (AvgIpc) is 2.81. The number of aliphatic hydroxyl groups is 1. The summed E-state index contributed by atoms with van der Waals surface area (Å²) in [6, 6.07) is 8.16. The zero-order valence-corrected chi connectivity index (χ0v) is 18.5. The molecule has 2 N–H and O–H groups in total. The van der Waals surface area contributed by atoms with Crippen molar-refractivity contribution in [1.82, 2.24) is 5.32 Å². The number of nitro benzene ring substituents is 1. The molecular weight excluding hydrogens is 455 g/mol. The van der Waals surface area contributed by atoms with Gasteiger partial charge in [-0.2, -0.15) is 13.2 Å². The topological polar surface area (TPSA) is 105 Å². The third-order valence-electron chi connectivity index (χ3n) is 5.68. The maximum atomic E-state index is 12.8. The third kappa shape index (κ3) is 6.60. The SMILES string of the molecule is CC1CCN(c2ccc([N+](=O)[O-])cc2C(=O)NCC(O)COc2ccc(C(F)(F)F)cc2)CC1. The number of rotatable bonds is 8. The summed E-state index contributed by atoms with van der Waals surface area (Å²) in [4.78, 5) is 25.5. The maximum absolute atomic E-state index is 12.8. The summed E-state index contributed by atoms with van der Waals surface area (Å²) in [6.45, 7) is 3.12. The van der Waals surface area contributed by atoms with Gasteiger partial charge in [-0.25, -0.2) is 0 Å². The van der Waals surface area contributed by atoms with E-state index in [1.165, 1.54) is 12.1 Å². The minimum absolute atomic E-state index is 0.138. The van der Waals surface area contributed by atoms with Gasteiger partial charge in [-0.05, 0) is 49.1 Å². The summed E-state index contributed by atoms with van der Waals surface area (Å²) >= 11 is 0. The number of carbonyl (C=O) groups excluding carboxylic acids is 1. The standard InChI is InChI=1S/C23H26F3N3O5/c1-15-8-10-28(11-9-15)21-7-4-17(29(32)33)12-20(21)22(31)27-13-18(30)14-34-19-5-2-16(3-6-19)23(24,25)26/h2-7,12,15,18,30H,8-11,13-14H2,1H3,(H,27,31). The highest BCUT2D eigenvalue weighted by Crippen LogP contribution is 2.31. The lowest BCUT2D eigenvalue weighted by Gasteiger charge is -2.33. The quantitative estimate of drug-likeness (QED) is 0.436. The first-order valence-electron chi connectivity index (χ1n) is 10.8. The van der Waals surface area contributed by atoms with Gasteiger partial charge in [0.2, 0.25) is 0 Å². The summed E-state index contributed by atoms with van der Waals surface area (Å²) in [5.41, 5.74) is -0.306. The molecule has 1 aliphatic heterocycles. The van der Waals surface area contributed by atoms with Crippen LogP contribution in [0.2, 0.25) is 0 Å². The number of piperidine rings is 1. The number of ether oxygens (including phenoxy) is 1. The van der Waals surface area contributed by atoms with E-state index in [1.807, 2.05) is 4.90 Å². The number of benzene rings is 2. The number of nitro groups is 1. The molecule has 1 fully saturated rings. The van der Waals surface area contributed by atoms with E-state index in [1.54, 1.807) is 6.07 Å². The summed E-state index contributed by atoms with van der Waals surface area (Å²) in [5, 5.41) is 23.9. The van der Waals surface area contributed by atoms with Crippen molar-refractivity contribution in [2.45, 2.75) is 32.0 Å². The van der Waals surface area contributed by atoms with Crippen LogP contribution in [0.25, 0.3) is 0 Å². The van der Waals surface area contributed by atoms with Gasteiger partial charge in [-0.15, -0.1) is 0 Å². The summed E-state index contributed by atoms with van der Waals surface area (Å²) < 4.78 is 43.2. The van der Waals surface area contributed by atoms with Crippen LogP contribution < -0.4 is 15.0 Å². The van der Waals surface area contributed by atoms with Crippen LogP contribution in [0.4, 0.5) is 24.5 Å². The number of hydrogen-bond acceptors (Lipinski definition) is 6. The maximum Gasteiger partial charge on any atom is 0.416 e. The Balaban J connectivity index is 1.60. The predicted molar refractivity (Wildman–Crippen MR) is 119 cm³/mol. The van der Waals surface area contributed by atoms with Crippen LogP contribution in [-0.4, -0.2) is 48.3 Å². The molecule has 1 saturated heterocycles. The largest absolute Gasteiger partial charge is 0.491 e. The highest BCUT2D eigenvalue weighted by atomic mass is 19.4. The highest BCUT2D eigenvalue weighted by molar-refractivity contribution is 6.00. The number of nitrogens with zero attached hydrogens (tertiary/aromatic N) is 2. The summed E-state index contributed by atoms with van der Waals surface area (Å²) in [6.07, 6.45) is -3.72. The fourth-order valence-corrected chi connectivity index (χ4v) is 3.64. The number of halogens is 3. The van der Waals surface area contributed by atoms with Gasteiger partial charge in [-0.1, -0.05) is 6.92 Å². The molecule has 3 rings (SSSR count). The van der Waals surface area contributed by atoms with Crippen LogP contribution in [-0.2, 0) is 6.18 Å². The molecule has 1 amide bonds. The molecule has 0 saturated carbocycles. The van der Waals surface area contributed by atoms with Gasteiger partial charge in [-0.3, -0.25) is 14.9 Å². The lowest BCUT2D eigenvalue weighted by molar-refractivity contribution is -0.384. The van der Waals surface area contributed by atoms with Crippen molar-refractivity contribution in [3.05, 3.63) is 63.7 Å². The number of carbonyl (C=O) groups is 1. The Morgan fingerprint density at radius 2 is 1.88 bits per heavy atom. The number of nitrogens with one attached hydrogen (secondary N) is 1. The summed E-state index contributed by atoms with van der Waals surface area (Å²) in [7, 11) is 0. The zero-order chi connectivity index (χ0) is 24.9. The molecule has 0 aliphatic carbocycles. The van der Waals surface area contributed by atoms with E-state index < -0.39 is 28.7 Å². The molecular formula is C23H26F3N3O5. The van der Waals surface area contributed by atoms with E-state index in [2.05, 4.69) is 12.2 Å². The minimum Gasteiger partial charge on any atom is -0.491 e. The van der Waals surface area contributed by atoms with Crippen LogP contribution in [0.1, 0.15) is 35.7 Å². The van der Waals surface area contributed by atoms with E-state index in [4.69, 9.17) is 4.74 Å². The van der Waals surface area contributed by atoms with E-state index in [-0.39, 0.29) is 30.2 Å². The Kier molecular flexibility index (Phi) is 7.98. The molecule has 0 spiro atoms. The molecule has 1 heterocycles. The van der Waals surface area contributed by atoms with E-state index >= 15 is 0 Å². The van der Waals surface area contributed by atoms with Crippen molar-refractivity contribution in [2.24, 2.45) is 5.92 Å². The first-order valence-corrected chi connectivity index (χ1v) is 10.8. The third-order valence-corrected chi connectivity index (χ3v) is 5.68. The van der Waals surface area contributed by atoms with Gasteiger partial charge in [0, 0.05) is 31.8 Å². The van der Waals surface area contributed by atoms with Crippen molar-refractivity contribution in [1.29, 1.82) is 0 Å². The molecule has 0 aromatic heterocycles. The zero-order valence-electron chi connectivity index (χ0n) is 18.5. The van der Waals surface area contributed by atoms with E-state index in [0.717, 1.165) is 50.2 Å². The molecule has 11 heteroatoms. The number of hydrogen-bond donors (Lipinski definition) is 2. The Hall–Kier alpha value is -3.34. The first-order chi connectivity index (χ1) is 16.0. The molecule has 2 aromatic rings. The van der Waals surface area contributed by atoms with Crippen molar-refractivity contribution < 1.29 is 32.7 Å². The van der Waals surface area contributed by atoms with Crippen LogP contribution in [0.15, 0.2) is 42.5 Å². The van der Waals surface area contributed by atoms with Crippen LogP contribution in [0, 0.1) is 16.0 Å². The average molecular weight is 481 g/mol. The minimum atomic E-state index is -4.46. The van der Waals surface area contributed by atoms with Gasteiger partial charge in [0.15, 0.2) is 0 Å². The number of alkyl halides is 3. The number of aliphatic hydroxyl groups excluding tert-OH is 1. The molecule has 1 atom stereocenters. The fraction of sp³-hybridized carbons (Fsp3) is 0.435. The molecule has 34 heavy (non-hydrogen) atoms. The van der Waals surface area contributed by atoms with E-state index in [0.29, 0.717) is 11.6 Å². The second-order valence-electron chi connectivity index (χ2n) is 8.33. The molecule has 8 nitrogen and oxygen atoms in total. The van der Waals surface area contributed by atoms with Gasteiger partial charge >= 0.3 is 6.18 Å². The second kappa shape index (κ2) is 10.7. The Morgan fingerprint density at radius 3 is 2.47 bits per heavy atom. The van der Waals surface area contributed by atoms with Crippen molar-refractivity contribution in [3.8, 4) is 5.75 Å². The van der Waals surface area contributed by atoms with Crippen molar-refractivity contribution in [2.75, 3.05) is 31.1 Å². The first kappa shape index (κ1) is 25.3. The van der Waals surface area contributed by atoms with Crippen LogP contribution in [0.5, 0.6) is 5.75 Å². The smallest absolute Gasteiger partial charge is 0.416 e. The Labute approximate surface area is 194 Å². The molecule has 1 aliphatic rings. The number of amides is 1. The van der Waals surface area contributed by atoms with Gasteiger partial charge < -0.3 is 20.1 Å². The lowest BCUT2D eigenvalue weighted by atomic mass is 9.98. The van der Waals surface area contributed by atoms with E-state index in [9.17, 15) is 33.2 Å². The van der Waals surface area contributed by atoms with Crippen molar-refractivity contribution in [3.63, 3.8) is 0 Å². The number of anilines is 1. The summed E-state index contributed by atoms with van der Waals surface area (Å²) in [5.74, 6) is 0.121. The normalized spacial score (nSPS) is 15.6. The Bertz CT molecular complexity index is 1010. The van der Waals surface area contributed by atoms with Gasteiger partial charge in [0.1, 0.15) is 18.5 Å². The lowest BCUT2D eigenvalue weighted by Crippen LogP contribution is -2.38. The van der Waals surface area contributed by atoms with Gasteiger partial charge in [0.05, 0.1) is 21.7 Å². The highest BCUT2D eigenvalue weighted by Gasteiger charge is 2.30. The monoisotopic (exact) mass is 481 g/mol. The van der Waals surface area contributed by atoms with Gasteiger partial charge in [0.25, 0.3) is 11.6 Å². The van der Waals surface area contributed by atoms with Crippen LogP contribution >= 0.6 is 0 Å². The fourth-order valence-electron chi connectivity index (χ4n) is 3.64. The Morgan fingerprint density at radius 1 is 1.24 bits per heavy atom. The molecule has 2 aromatic carbocycles. The molecule has 184 valence electrons. The van der Waals surface area contributed by atoms with Crippen LogP contribution in [0.3, 0.4) is 0 Å².